The van der Waals surface area contributed by atoms with E-state index < -0.39 is 0 Å². The summed E-state index contributed by atoms with van der Waals surface area (Å²) in [5, 5.41) is 0.148. The highest BCUT2D eigenvalue weighted by atomic mass is 35.5. The van der Waals surface area contributed by atoms with Crippen molar-refractivity contribution in [2.75, 3.05) is 0 Å². The normalized spacial score (nSPS) is 18.7. The number of hydrogen-bond donors (Lipinski definition) is 1. The van der Waals surface area contributed by atoms with E-state index in [0.717, 1.165) is 30.5 Å². The maximum absolute atomic E-state index is 14.0. The maximum atomic E-state index is 14.0. The van der Waals surface area contributed by atoms with E-state index in [1.165, 1.54) is 0 Å². The van der Waals surface area contributed by atoms with Crippen LogP contribution in [0, 0.1) is 5.82 Å². The number of nitrogens with two attached hydrogens (primary N) is 1. The van der Waals surface area contributed by atoms with E-state index in [0.29, 0.717) is 5.69 Å². The van der Waals surface area contributed by atoms with Gasteiger partial charge in [-0.05, 0) is 43.0 Å². The van der Waals surface area contributed by atoms with Gasteiger partial charge in [-0.1, -0.05) is 17.7 Å². The Hall–Kier alpha value is -1.32. The fourth-order valence-electron chi connectivity index (χ4n) is 2.63. The summed E-state index contributed by atoms with van der Waals surface area (Å²) in [6, 6.07) is 7.11. The Morgan fingerprint density at radius 2 is 2.17 bits per heavy atom. The van der Waals surface area contributed by atoms with Crippen molar-refractivity contribution >= 4 is 11.6 Å². The quantitative estimate of drug-likeness (QED) is 0.838. The van der Waals surface area contributed by atoms with Gasteiger partial charge in [0.2, 0.25) is 0 Å². The Bertz CT molecular complexity index is 591. The predicted octanol–water partition coefficient (Wildman–Crippen LogP) is 3.61. The lowest BCUT2D eigenvalue weighted by Gasteiger charge is -2.21. The van der Waals surface area contributed by atoms with Gasteiger partial charge in [-0.2, -0.15) is 0 Å². The van der Waals surface area contributed by atoms with Gasteiger partial charge in [0, 0.05) is 17.9 Å². The lowest BCUT2D eigenvalue weighted by atomic mass is 9.93. The second kappa shape index (κ2) is 4.41. The van der Waals surface area contributed by atoms with Crippen molar-refractivity contribution in [2.45, 2.75) is 25.3 Å². The summed E-state index contributed by atoms with van der Waals surface area (Å²) in [4.78, 5) is 0. The van der Waals surface area contributed by atoms with Crippen LogP contribution in [0.2, 0.25) is 5.02 Å². The molecule has 2 nitrogen and oxygen atoms in total. The van der Waals surface area contributed by atoms with Crippen LogP contribution in [0.4, 0.5) is 4.39 Å². The molecule has 0 radical (unpaired) electrons. The molecule has 0 amide bonds. The van der Waals surface area contributed by atoms with Crippen LogP contribution in [0.3, 0.4) is 0 Å². The first-order valence-corrected chi connectivity index (χ1v) is 6.46. The number of rotatable bonds is 1. The second-order valence-electron chi connectivity index (χ2n) is 4.66. The molecule has 0 bridgehead atoms. The van der Waals surface area contributed by atoms with Crippen molar-refractivity contribution in [3.05, 3.63) is 52.6 Å². The Kier molecular flexibility index (Phi) is 2.88. The van der Waals surface area contributed by atoms with Crippen molar-refractivity contribution < 1.29 is 4.39 Å². The van der Waals surface area contributed by atoms with Crippen LogP contribution in [0.15, 0.2) is 30.5 Å². The first-order valence-electron chi connectivity index (χ1n) is 6.08. The minimum atomic E-state index is -0.378. The van der Waals surface area contributed by atoms with E-state index >= 15 is 0 Å². The highest BCUT2D eigenvalue weighted by molar-refractivity contribution is 6.30. The molecule has 0 spiro atoms. The molecule has 1 atom stereocenters. The molecule has 1 aromatic heterocycles. The summed E-state index contributed by atoms with van der Waals surface area (Å²) in [5.41, 5.74) is 8.80. The third kappa shape index (κ3) is 1.74. The SMILES string of the molecule is NC1CCCc2c1ccn2-c1cccc(Cl)c1F. The largest absolute Gasteiger partial charge is 0.324 e. The van der Waals surface area contributed by atoms with Crippen LogP contribution in [-0.4, -0.2) is 4.57 Å². The average molecular weight is 265 g/mol. The van der Waals surface area contributed by atoms with Gasteiger partial charge in [-0.15, -0.1) is 0 Å². The highest BCUT2D eigenvalue weighted by Gasteiger charge is 2.21. The van der Waals surface area contributed by atoms with Gasteiger partial charge in [-0.3, -0.25) is 0 Å². The van der Waals surface area contributed by atoms with Crippen LogP contribution in [-0.2, 0) is 6.42 Å². The zero-order valence-electron chi connectivity index (χ0n) is 9.87. The number of aromatic nitrogens is 1. The van der Waals surface area contributed by atoms with Gasteiger partial charge in [0.25, 0.3) is 0 Å². The van der Waals surface area contributed by atoms with Crippen molar-refractivity contribution in [2.24, 2.45) is 5.73 Å². The number of nitrogens with zero attached hydrogens (tertiary/aromatic N) is 1. The lowest BCUT2D eigenvalue weighted by molar-refractivity contribution is 0.555. The lowest BCUT2D eigenvalue weighted by Crippen LogP contribution is -2.18. The zero-order valence-corrected chi connectivity index (χ0v) is 10.6. The van der Waals surface area contributed by atoms with Gasteiger partial charge in [0.1, 0.15) is 0 Å². The summed E-state index contributed by atoms with van der Waals surface area (Å²) < 4.78 is 15.9. The summed E-state index contributed by atoms with van der Waals surface area (Å²) >= 11 is 5.83. The molecule has 0 saturated heterocycles. The van der Waals surface area contributed by atoms with Crippen LogP contribution in [0.1, 0.15) is 30.1 Å². The van der Waals surface area contributed by atoms with E-state index in [4.69, 9.17) is 17.3 Å². The average Bonchev–Trinajstić information content (AvgIpc) is 2.78. The Labute approximate surface area is 110 Å². The van der Waals surface area contributed by atoms with E-state index in [1.807, 2.05) is 16.8 Å². The van der Waals surface area contributed by atoms with Crippen molar-refractivity contribution in [1.82, 2.24) is 4.57 Å². The smallest absolute Gasteiger partial charge is 0.165 e. The standard InChI is InChI=1S/C14H14ClFN2/c15-10-3-1-6-13(14(10)16)18-8-7-9-11(17)4-2-5-12(9)18/h1,3,6-8,11H,2,4-5,17H2. The molecule has 0 saturated carbocycles. The van der Waals surface area contributed by atoms with Crippen molar-refractivity contribution in [3.63, 3.8) is 0 Å². The van der Waals surface area contributed by atoms with Gasteiger partial charge in [0.05, 0.1) is 10.7 Å². The molecule has 0 fully saturated rings. The molecular weight excluding hydrogens is 251 g/mol. The van der Waals surface area contributed by atoms with Crippen molar-refractivity contribution in [1.29, 1.82) is 0 Å². The molecule has 3 rings (SSSR count). The summed E-state index contributed by atoms with van der Waals surface area (Å²) in [5.74, 6) is -0.378. The fraction of sp³-hybridized carbons (Fsp3) is 0.286. The van der Waals surface area contributed by atoms with Crippen LogP contribution in [0.5, 0.6) is 0 Å². The molecule has 18 heavy (non-hydrogen) atoms. The molecule has 1 aliphatic carbocycles. The molecule has 1 aliphatic rings. The molecule has 4 heteroatoms. The molecule has 1 heterocycles. The zero-order chi connectivity index (χ0) is 12.7. The molecular formula is C14H14ClFN2. The van der Waals surface area contributed by atoms with Crippen LogP contribution >= 0.6 is 11.6 Å². The van der Waals surface area contributed by atoms with E-state index in [2.05, 4.69) is 0 Å². The molecule has 94 valence electrons. The minimum absolute atomic E-state index is 0.0669. The number of fused-ring (bicyclic) bond motifs is 1. The molecule has 2 N–H and O–H groups in total. The van der Waals surface area contributed by atoms with E-state index in [9.17, 15) is 4.39 Å². The summed E-state index contributed by atoms with van der Waals surface area (Å²) in [6.45, 7) is 0. The third-order valence-corrected chi connectivity index (χ3v) is 3.84. The highest BCUT2D eigenvalue weighted by Crippen LogP contribution is 2.32. The van der Waals surface area contributed by atoms with Gasteiger partial charge < -0.3 is 10.3 Å². The fourth-order valence-corrected chi connectivity index (χ4v) is 2.80. The van der Waals surface area contributed by atoms with E-state index in [-0.39, 0.29) is 16.9 Å². The van der Waals surface area contributed by atoms with Crippen molar-refractivity contribution in [3.8, 4) is 5.69 Å². The number of benzene rings is 1. The first-order chi connectivity index (χ1) is 8.68. The number of hydrogen-bond acceptors (Lipinski definition) is 1. The second-order valence-corrected chi connectivity index (χ2v) is 5.07. The van der Waals surface area contributed by atoms with Gasteiger partial charge in [0.15, 0.2) is 5.82 Å². The Balaban J connectivity index is 2.16. The van der Waals surface area contributed by atoms with Crippen LogP contribution in [0.25, 0.3) is 5.69 Å². The van der Waals surface area contributed by atoms with E-state index in [1.54, 1.807) is 18.2 Å². The predicted molar refractivity (Wildman–Crippen MR) is 70.6 cm³/mol. The van der Waals surface area contributed by atoms with Gasteiger partial charge >= 0.3 is 0 Å². The Morgan fingerprint density at radius 1 is 1.33 bits per heavy atom. The molecule has 1 aromatic carbocycles. The summed E-state index contributed by atoms with van der Waals surface area (Å²) in [6.07, 6.45) is 4.85. The molecule has 2 aromatic rings. The first kappa shape index (κ1) is 11.8. The Morgan fingerprint density at radius 3 is 3.00 bits per heavy atom. The number of halogens is 2. The summed E-state index contributed by atoms with van der Waals surface area (Å²) in [7, 11) is 0. The topological polar surface area (TPSA) is 30.9 Å². The third-order valence-electron chi connectivity index (χ3n) is 3.55. The van der Waals surface area contributed by atoms with Crippen LogP contribution < -0.4 is 5.73 Å². The maximum Gasteiger partial charge on any atom is 0.165 e. The minimum Gasteiger partial charge on any atom is -0.324 e. The monoisotopic (exact) mass is 264 g/mol. The molecule has 0 aliphatic heterocycles. The van der Waals surface area contributed by atoms with Gasteiger partial charge in [-0.25, -0.2) is 4.39 Å². The molecule has 1 unspecified atom stereocenters.